The topological polar surface area (TPSA) is 88.1 Å². The second-order valence-corrected chi connectivity index (χ2v) is 10.0. The van der Waals surface area contributed by atoms with Crippen LogP contribution in [-0.2, 0) is 4.79 Å². The van der Waals surface area contributed by atoms with Crippen molar-refractivity contribution in [3.05, 3.63) is 72.3 Å². The summed E-state index contributed by atoms with van der Waals surface area (Å²) in [7, 11) is 0. The molecule has 38 heavy (non-hydrogen) atoms. The van der Waals surface area contributed by atoms with Crippen molar-refractivity contribution < 1.29 is 24.2 Å². The molecule has 7 heteroatoms. The van der Waals surface area contributed by atoms with Gasteiger partial charge in [0.25, 0.3) is 0 Å². The van der Waals surface area contributed by atoms with Gasteiger partial charge in [-0.1, -0.05) is 30.3 Å². The Balaban J connectivity index is 1.24. The third-order valence-electron chi connectivity index (χ3n) is 7.51. The molecule has 1 aliphatic carbocycles. The first-order chi connectivity index (χ1) is 18.5. The van der Waals surface area contributed by atoms with Crippen molar-refractivity contribution in [3.8, 4) is 22.6 Å². The molecule has 0 saturated heterocycles. The van der Waals surface area contributed by atoms with Gasteiger partial charge in [-0.2, -0.15) is 0 Å². The van der Waals surface area contributed by atoms with E-state index in [4.69, 9.17) is 14.6 Å². The van der Waals surface area contributed by atoms with E-state index in [1.165, 1.54) is 5.56 Å². The lowest BCUT2D eigenvalue weighted by atomic mass is 9.77. The predicted octanol–water partition coefficient (Wildman–Crippen LogP) is 6.93. The number of hydrogen-bond acceptors (Lipinski definition) is 4. The molecule has 1 aliphatic heterocycles. The van der Waals surface area contributed by atoms with Crippen molar-refractivity contribution in [1.82, 2.24) is 0 Å². The van der Waals surface area contributed by atoms with Crippen molar-refractivity contribution in [3.63, 3.8) is 0 Å². The molecule has 5 rings (SSSR count). The number of aliphatic carboxylic acids is 1. The van der Waals surface area contributed by atoms with E-state index in [1.807, 2.05) is 49.4 Å². The van der Waals surface area contributed by atoms with E-state index < -0.39 is 5.97 Å². The average molecular weight is 515 g/mol. The Bertz CT molecular complexity index is 1260. The van der Waals surface area contributed by atoms with E-state index in [0.29, 0.717) is 43.0 Å². The lowest BCUT2D eigenvalue weighted by Crippen LogP contribution is -2.40. The number of amides is 2. The van der Waals surface area contributed by atoms with Crippen molar-refractivity contribution in [2.45, 2.75) is 44.9 Å². The minimum absolute atomic E-state index is 0.200. The van der Waals surface area contributed by atoms with Gasteiger partial charge in [-0.15, -0.1) is 0 Å². The Morgan fingerprint density at radius 3 is 2.37 bits per heavy atom. The first-order valence-corrected chi connectivity index (χ1v) is 13.4. The number of nitrogens with one attached hydrogen (secondary N) is 1. The maximum Gasteiger partial charge on any atom is 0.326 e. The fraction of sp³-hybridized carbons (Fsp3) is 0.355. The highest BCUT2D eigenvalue weighted by Crippen LogP contribution is 2.39. The molecule has 0 radical (unpaired) electrons. The number of carboxylic acid groups (broad SMARTS) is 1. The van der Waals surface area contributed by atoms with Gasteiger partial charge in [0.2, 0.25) is 0 Å². The summed E-state index contributed by atoms with van der Waals surface area (Å²) >= 11 is 0. The van der Waals surface area contributed by atoms with E-state index in [-0.39, 0.29) is 12.5 Å². The maximum absolute atomic E-state index is 13.1. The lowest BCUT2D eigenvalue weighted by molar-refractivity contribution is -0.138. The van der Waals surface area contributed by atoms with Crippen molar-refractivity contribution in [2.24, 2.45) is 5.92 Å². The summed E-state index contributed by atoms with van der Waals surface area (Å²) in [5.74, 6) is 1.56. The van der Waals surface area contributed by atoms with Crippen LogP contribution in [-0.4, -0.2) is 36.9 Å². The molecular weight excluding hydrogens is 480 g/mol. The van der Waals surface area contributed by atoms with E-state index in [2.05, 4.69) is 29.6 Å². The van der Waals surface area contributed by atoms with Gasteiger partial charge >= 0.3 is 12.0 Å². The van der Waals surface area contributed by atoms with Crippen LogP contribution < -0.4 is 19.7 Å². The normalized spacial score (nSPS) is 18.7. The van der Waals surface area contributed by atoms with Crippen LogP contribution in [0.3, 0.4) is 0 Å². The Labute approximate surface area is 223 Å². The number of benzene rings is 3. The maximum atomic E-state index is 13.1. The van der Waals surface area contributed by atoms with E-state index in [1.54, 1.807) is 4.90 Å². The lowest BCUT2D eigenvalue weighted by Gasteiger charge is -2.30. The standard InChI is InChI=1S/C31H34N2O5/c1-2-37-27-14-12-26(13-15-27)32-31(36)33-17-18-38-29-20-25(11-16-28(29)33)24-9-7-23(8-10-24)22-5-3-21(4-6-22)19-30(34)35/h7-16,20-22H,2-6,17-19H2,1H3,(H,32,36)(H,34,35). The van der Waals surface area contributed by atoms with Crippen molar-refractivity contribution in [2.75, 3.05) is 30.0 Å². The zero-order chi connectivity index (χ0) is 26.5. The summed E-state index contributed by atoms with van der Waals surface area (Å²) in [6.45, 7) is 3.43. The molecule has 3 aromatic carbocycles. The molecule has 0 unspecified atom stereocenters. The third-order valence-corrected chi connectivity index (χ3v) is 7.51. The van der Waals surface area contributed by atoms with Crippen LogP contribution in [0.1, 0.15) is 50.5 Å². The van der Waals surface area contributed by atoms with Crippen molar-refractivity contribution in [1.29, 1.82) is 0 Å². The summed E-state index contributed by atoms with van der Waals surface area (Å²) in [6.07, 6.45) is 4.32. The Kier molecular flexibility index (Phi) is 7.82. The van der Waals surface area contributed by atoms with Gasteiger partial charge in [0, 0.05) is 12.1 Å². The molecule has 1 saturated carbocycles. The summed E-state index contributed by atoms with van der Waals surface area (Å²) in [5.41, 5.74) is 4.90. The third kappa shape index (κ3) is 5.93. The van der Waals surface area contributed by atoms with E-state index in [9.17, 15) is 9.59 Å². The summed E-state index contributed by atoms with van der Waals surface area (Å²) in [5, 5.41) is 12.0. The zero-order valence-electron chi connectivity index (χ0n) is 21.7. The summed E-state index contributed by atoms with van der Waals surface area (Å²) in [6, 6.07) is 21.8. The molecule has 3 aromatic rings. The number of urea groups is 1. The highest BCUT2D eigenvalue weighted by molar-refractivity contribution is 6.03. The minimum Gasteiger partial charge on any atom is -0.494 e. The monoisotopic (exact) mass is 514 g/mol. The number of hydrogen-bond donors (Lipinski definition) is 2. The van der Waals surface area contributed by atoms with Gasteiger partial charge in [0.05, 0.1) is 18.8 Å². The molecule has 2 amide bonds. The van der Waals surface area contributed by atoms with Gasteiger partial charge in [-0.25, -0.2) is 4.79 Å². The van der Waals surface area contributed by atoms with E-state index in [0.717, 1.165) is 48.2 Å². The van der Waals surface area contributed by atoms with Gasteiger partial charge in [-0.05, 0) is 97.5 Å². The SMILES string of the molecule is CCOc1ccc(NC(=O)N2CCOc3cc(-c4ccc(C5CCC(CC(=O)O)CC5)cc4)ccc32)cc1. The zero-order valence-corrected chi connectivity index (χ0v) is 21.7. The number of ether oxygens (including phenoxy) is 2. The predicted molar refractivity (Wildman–Crippen MR) is 148 cm³/mol. The van der Waals surface area contributed by atoms with Gasteiger partial charge < -0.3 is 19.9 Å². The number of anilines is 2. The van der Waals surface area contributed by atoms with E-state index >= 15 is 0 Å². The second-order valence-electron chi connectivity index (χ2n) is 10.0. The Hall–Kier alpha value is -4.00. The molecule has 0 aromatic heterocycles. The van der Waals surface area contributed by atoms with Crippen LogP contribution in [0.5, 0.6) is 11.5 Å². The minimum atomic E-state index is -0.691. The number of carbonyl (C=O) groups excluding carboxylic acids is 1. The first kappa shape index (κ1) is 25.6. The molecule has 0 spiro atoms. The molecule has 2 aliphatic rings. The quantitative estimate of drug-likeness (QED) is 0.357. The molecule has 0 bridgehead atoms. The van der Waals surface area contributed by atoms with Crippen LogP contribution in [0.4, 0.5) is 16.2 Å². The number of carboxylic acids is 1. The number of nitrogens with zero attached hydrogens (tertiary/aromatic N) is 1. The first-order valence-electron chi connectivity index (χ1n) is 13.4. The van der Waals surface area contributed by atoms with Gasteiger partial charge in [-0.3, -0.25) is 9.69 Å². The largest absolute Gasteiger partial charge is 0.494 e. The fourth-order valence-electron chi connectivity index (χ4n) is 5.50. The van der Waals surface area contributed by atoms with Crippen LogP contribution in [0.25, 0.3) is 11.1 Å². The fourth-order valence-corrected chi connectivity index (χ4v) is 5.50. The Morgan fingerprint density at radius 1 is 0.974 bits per heavy atom. The molecule has 0 atom stereocenters. The summed E-state index contributed by atoms with van der Waals surface area (Å²) in [4.78, 5) is 25.8. The molecule has 2 N–H and O–H groups in total. The molecule has 1 heterocycles. The smallest absolute Gasteiger partial charge is 0.326 e. The second kappa shape index (κ2) is 11.6. The van der Waals surface area contributed by atoms with Crippen molar-refractivity contribution >= 4 is 23.4 Å². The number of fused-ring (bicyclic) bond motifs is 1. The average Bonchev–Trinajstić information content (AvgIpc) is 2.94. The number of rotatable bonds is 7. The highest BCUT2D eigenvalue weighted by atomic mass is 16.5. The van der Waals surface area contributed by atoms with Crippen LogP contribution in [0.15, 0.2) is 66.7 Å². The molecule has 198 valence electrons. The van der Waals surface area contributed by atoms with Crippen LogP contribution in [0.2, 0.25) is 0 Å². The van der Waals surface area contributed by atoms with Gasteiger partial charge in [0.15, 0.2) is 0 Å². The molecular formula is C31H34N2O5. The molecule has 7 nitrogen and oxygen atoms in total. The highest BCUT2D eigenvalue weighted by Gasteiger charge is 2.26. The molecule has 1 fully saturated rings. The van der Waals surface area contributed by atoms with Crippen LogP contribution in [0, 0.1) is 5.92 Å². The summed E-state index contributed by atoms with van der Waals surface area (Å²) < 4.78 is 11.4. The van der Waals surface area contributed by atoms with Gasteiger partial charge in [0.1, 0.15) is 18.1 Å². The Morgan fingerprint density at radius 2 is 1.68 bits per heavy atom. The number of carbonyl (C=O) groups is 2. The van der Waals surface area contributed by atoms with Crippen LogP contribution >= 0.6 is 0 Å².